The second-order valence-corrected chi connectivity index (χ2v) is 8.71. The van der Waals surface area contributed by atoms with Crippen LogP contribution in [0.25, 0.3) is 21.9 Å². The number of pyridine rings is 1. The van der Waals surface area contributed by atoms with Crippen molar-refractivity contribution in [2.75, 3.05) is 7.11 Å². The average molecular weight is 476 g/mol. The summed E-state index contributed by atoms with van der Waals surface area (Å²) in [6, 6.07) is 18.9. The van der Waals surface area contributed by atoms with Gasteiger partial charge in [-0.1, -0.05) is 36.4 Å². The lowest BCUT2D eigenvalue weighted by Crippen LogP contribution is -2.25. The maximum Gasteiger partial charge on any atom is 0.416 e. The molecule has 5 rings (SSSR count). The summed E-state index contributed by atoms with van der Waals surface area (Å²) < 4.78 is 43.7. The first kappa shape index (κ1) is 22.9. The summed E-state index contributed by atoms with van der Waals surface area (Å²) in [4.78, 5) is 17.0. The lowest BCUT2D eigenvalue weighted by molar-refractivity contribution is -0.137. The van der Waals surface area contributed by atoms with E-state index in [-0.39, 0.29) is 17.7 Å². The number of halogens is 3. The molecule has 1 N–H and O–H groups in total. The predicted octanol–water partition coefficient (Wildman–Crippen LogP) is 6.35. The highest BCUT2D eigenvalue weighted by molar-refractivity contribution is 5.98. The highest BCUT2D eigenvalue weighted by Crippen LogP contribution is 2.48. The van der Waals surface area contributed by atoms with Gasteiger partial charge in [-0.15, -0.1) is 0 Å². The zero-order chi connectivity index (χ0) is 24.6. The van der Waals surface area contributed by atoms with Crippen molar-refractivity contribution >= 4 is 16.7 Å². The minimum Gasteiger partial charge on any atom is -0.497 e. The van der Waals surface area contributed by atoms with E-state index in [2.05, 4.69) is 10.3 Å². The number of benzene rings is 3. The molecule has 1 heterocycles. The Morgan fingerprint density at radius 3 is 2.60 bits per heavy atom. The third-order valence-electron chi connectivity index (χ3n) is 6.54. The largest absolute Gasteiger partial charge is 0.497 e. The second kappa shape index (κ2) is 9.06. The van der Waals surface area contributed by atoms with Crippen LogP contribution in [0.4, 0.5) is 13.2 Å². The summed E-state index contributed by atoms with van der Waals surface area (Å²) in [5.41, 5.74) is 3.09. The van der Waals surface area contributed by atoms with Crippen LogP contribution < -0.4 is 10.1 Å². The van der Waals surface area contributed by atoms with E-state index < -0.39 is 11.7 Å². The fourth-order valence-electron chi connectivity index (χ4n) is 4.53. The zero-order valence-corrected chi connectivity index (χ0v) is 19.0. The van der Waals surface area contributed by atoms with E-state index in [1.165, 1.54) is 12.1 Å². The van der Waals surface area contributed by atoms with Crippen molar-refractivity contribution in [1.29, 1.82) is 0 Å². The number of carbonyl (C=O) groups excluding carboxylic acids is 1. The third kappa shape index (κ3) is 4.71. The molecule has 0 bridgehead atoms. The van der Waals surface area contributed by atoms with Gasteiger partial charge >= 0.3 is 6.18 Å². The first-order valence-corrected chi connectivity index (χ1v) is 11.3. The quantitative estimate of drug-likeness (QED) is 0.353. The summed E-state index contributed by atoms with van der Waals surface area (Å²) in [6.45, 7) is 0.343. The van der Waals surface area contributed by atoms with Crippen molar-refractivity contribution in [2.45, 2.75) is 25.1 Å². The van der Waals surface area contributed by atoms with Crippen LogP contribution in [-0.2, 0) is 17.5 Å². The molecule has 0 unspecified atom stereocenters. The van der Waals surface area contributed by atoms with E-state index in [0.29, 0.717) is 13.0 Å². The van der Waals surface area contributed by atoms with Crippen LogP contribution in [0.5, 0.6) is 5.75 Å². The van der Waals surface area contributed by atoms with E-state index in [1.807, 2.05) is 42.5 Å². The Morgan fingerprint density at radius 1 is 1.06 bits per heavy atom. The molecule has 178 valence electrons. The summed E-state index contributed by atoms with van der Waals surface area (Å²) in [6.07, 6.45) is -0.192. The number of ether oxygens (including phenoxy) is 1. The molecule has 4 aromatic rings. The molecule has 0 aliphatic heterocycles. The van der Waals surface area contributed by atoms with Crippen LogP contribution in [-0.4, -0.2) is 18.0 Å². The minimum atomic E-state index is -4.36. The molecule has 1 aliphatic carbocycles. The maximum atomic E-state index is 12.8. The molecule has 0 saturated heterocycles. The maximum absolute atomic E-state index is 12.8. The van der Waals surface area contributed by atoms with E-state index in [4.69, 9.17) is 4.74 Å². The monoisotopic (exact) mass is 476 g/mol. The molecule has 1 fully saturated rings. The van der Waals surface area contributed by atoms with E-state index in [0.717, 1.165) is 50.9 Å². The summed E-state index contributed by atoms with van der Waals surface area (Å²) in [7, 11) is 1.63. The van der Waals surface area contributed by atoms with Gasteiger partial charge in [0.1, 0.15) is 5.75 Å². The number of aromatic nitrogens is 1. The Hall–Kier alpha value is -3.87. The number of rotatable bonds is 6. The zero-order valence-electron chi connectivity index (χ0n) is 19.0. The van der Waals surface area contributed by atoms with Gasteiger partial charge in [0.2, 0.25) is 5.91 Å². The summed E-state index contributed by atoms with van der Waals surface area (Å²) >= 11 is 0. The fraction of sp³-hybridized carbons (Fsp3) is 0.214. The van der Waals surface area contributed by atoms with Crippen LogP contribution in [0, 0.1) is 5.92 Å². The van der Waals surface area contributed by atoms with Crippen molar-refractivity contribution in [3.05, 3.63) is 95.8 Å². The lowest BCUT2D eigenvalue weighted by atomic mass is 9.96. The highest BCUT2D eigenvalue weighted by Gasteiger charge is 2.44. The van der Waals surface area contributed by atoms with Gasteiger partial charge in [-0.2, -0.15) is 13.2 Å². The van der Waals surface area contributed by atoms with Crippen LogP contribution in [0.2, 0.25) is 0 Å². The standard InChI is InChI=1S/C28H23F3N2O2/c1-35-21-4-2-3-18(13-21)22-10-7-19(26-16-32-12-11-23(22)26)15-33-27(34)25-14-24(25)17-5-8-20(9-6-17)28(29,30)31/h2-13,16,24-25H,14-15H2,1H3,(H,33,34)/t24-,25-/m0/s1. The molecule has 2 atom stereocenters. The van der Waals surface area contributed by atoms with Crippen molar-refractivity contribution in [2.24, 2.45) is 5.92 Å². The molecular weight excluding hydrogens is 453 g/mol. The summed E-state index contributed by atoms with van der Waals surface area (Å²) in [5.74, 6) is 0.398. The third-order valence-corrected chi connectivity index (χ3v) is 6.54. The van der Waals surface area contributed by atoms with Gasteiger partial charge in [-0.05, 0) is 70.3 Å². The second-order valence-electron chi connectivity index (χ2n) is 8.71. The fourth-order valence-corrected chi connectivity index (χ4v) is 4.53. The van der Waals surface area contributed by atoms with Gasteiger partial charge in [-0.3, -0.25) is 9.78 Å². The minimum absolute atomic E-state index is 0.0499. The molecule has 0 radical (unpaired) electrons. The Labute approximate surface area is 200 Å². The SMILES string of the molecule is COc1cccc(-c2ccc(CNC(=O)[C@H]3C[C@H]3c3ccc(C(F)(F)F)cc3)c3cnccc23)c1. The van der Waals surface area contributed by atoms with Gasteiger partial charge in [-0.25, -0.2) is 0 Å². The molecule has 1 saturated carbocycles. The topological polar surface area (TPSA) is 51.2 Å². The normalized spacial score (nSPS) is 17.3. The number of alkyl halides is 3. The van der Waals surface area contributed by atoms with Crippen LogP contribution in [0.15, 0.2) is 79.1 Å². The van der Waals surface area contributed by atoms with E-state index >= 15 is 0 Å². The Morgan fingerprint density at radius 2 is 1.86 bits per heavy atom. The molecule has 1 amide bonds. The molecule has 7 heteroatoms. The number of nitrogens with zero attached hydrogens (tertiary/aromatic N) is 1. The van der Waals surface area contributed by atoms with Gasteiger partial charge in [0.05, 0.1) is 12.7 Å². The van der Waals surface area contributed by atoms with Crippen molar-refractivity contribution < 1.29 is 22.7 Å². The number of nitrogens with one attached hydrogen (secondary N) is 1. The van der Waals surface area contributed by atoms with E-state index in [9.17, 15) is 18.0 Å². The van der Waals surface area contributed by atoms with Crippen LogP contribution >= 0.6 is 0 Å². The number of fused-ring (bicyclic) bond motifs is 1. The number of hydrogen-bond donors (Lipinski definition) is 1. The van der Waals surface area contributed by atoms with Gasteiger partial charge in [0.25, 0.3) is 0 Å². The Bertz CT molecular complexity index is 1380. The number of carbonyl (C=O) groups is 1. The Balaban J connectivity index is 1.30. The molecule has 0 spiro atoms. The molecule has 3 aromatic carbocycles. The molecule has 4 nitrogen and oxygen atoms in total. The smallest absolute Gasteiger partial charge is 0.416 e. The predicted molar refractivity (Wildman–Crippen MR) is 128 cm³/mol. The van der Waals surface area contributed by atoms with Gasteiger partial charge in [0.15, 0.2) is 0 Å². The lowest BCUT2D eigenvalue weighted by Gasteiger charge is -2.13. The van der Waals surface area contributed by atoms with Crippen molar-refractivity contribution in [1.82, 2.24) is 10.3 Å². The molecule has 1 aromatic heterocycles. The van der Waals surface area contributed by atoms with Crippen molar-refractivity contribution in [3.8, 4) is 16.9 Å². The molecular formula is C28H23F3N2O2. The van der Waals surface area contributed by atoms with Crippen molar-refractivity contribution in [3.63, 3.8) is 0 Å². The first-order valence-electron chi connectivity index (χ1n) is 11.3. The molecule has 35 heavy (non-hydrogen) atoms. The number of methoxy groups -OCH3 is 1. The van der Waals surface area contributed by atoms with Gasteiger partial charge < -0.3 is 10.1 Å². The summed E-state index contributed by atoms with van der Waals surface area (Å²) in [5, 5.41) is 4.97. The highest BCUT2D eigenvalue weighted by atomic mass is 19.4. The number of amides is 1. The molecule has 1 aliphatic rings. The average Bonchev–Trinajstić information content (AvgIpc) is 3.68. The first-order chi connectivity index (χ1) is 16.8. The Kier molecular flexibility index (Phi) is 5.93. The van der Waals surface area contributed by atoms with Gasteiger partial charge in [0, 0.05) is 30.2 Å². The number of hydrogen-bond acceptors (Lipinski definition) is 3. The van der Waals surface area contributed by atoms with Crippen LogP contribution in [0.1, 0.15) is 29.0 Å². The van der Waals surface area contributed by atoms with E-state index in [1.54, 1.807) is 19.5 Å². The van der Waals surface area contributed by atoms with Crippen LogP contribution in [0.3, 0.4) is 0 Å².